The molecule has 2 N–H and O–H groups in total. The summed E-state index contributed by atoms with van der Waals surface area (Å²) in [5.41, 5.74) is 0.187. The van der Waals surface area contributed by atoms with Gasteiger partial charge in [-0.25, -0.2) is 4.79 Å². The second-order valence-corrected chi connectivity index (χ2v) is 5.38. The van der Waals surface area contributed by atoms with Gasteiger partial charge < -0.3 is 15.2 Å². The van der Waals surface area contributed by atoms with Gasteiger partial charge in [-0.3, -0.25) is 4.79 Å². The Kier molecular flexibility index (Phi) is 4.30. The fraction of sp³-hybridized carbons (Fsp3) is 0.429. The van der Waals surface area contributed by atoms with Crippen LogP contribution in [-0.2, 0) is 9.53 Å². The summed E-state index contributed by atoms with van der Waals surface area (Å²) in [7, 11) is 1.61. The van der Waals surface area contributed by atoms with Gasteiger partial charge in [0.05, 0.1) is 16.0 Å². The fourth-order valence-corrected chi connectivity index (χ4v) is 2.33. The second kappa shape index (κ2) is 5.81. The summed E-state index contributed by atoms with van der Waals surface area (Å²) in [6.07, 6.45) is 2.39. The van der Waals surface area contributed by atoms with E-state index in [1.165, 1.54) is 12.1 Å². The molecule has 1 saturated carbocycles. The minimum absolute atomic E-state index is 0.0187. The van der Waals surface area contributed by atoms with Crippen molar-refractivity contribution in [3.63, 3.8) is 0 Å². The predicted molar refractivity (Wildman–Crippen MR) is 75.2 cm³/mol. The molecular formula is C14H16ClNO4. The van der Waals surface area contributed by atoms with Crippen LogP contribution in [0.5, 0.6) is 0 Å². The molecule has 1 aliphatic rings. The van der Waals surface area contributed by atoms with Crippen molar-refractivity contribution in [1.29, 1.82) is 0 Å². The number of anilines is 1. The van der Waals surface area contributed by atoms with E-state index in [1.54, 1.807) is 13.2 Å². The normalized spacial score (nSPS) is 15.7. The molecule has 1 fully saturated rings. The summed E-state index contributed by atoms with van der Waals surface area (Å²) in [6.45, 7) is 0.548. The minimum Gasteiger partial charge on any atom is -0.478 e. The van der Waals surface area contributed by atoms with Crippen LogP contribution in [0.3, 0.4) is 0 Å². The van der Waals surface area contributed by atoms with Gasteiger partial charge in [0.15, 0.2) is 0 Å². The molecule has 0 aliphatic heterocycles. The Morgan fingerprint density at radius 2 is 2.15 bits per heavy atom. The zero-order valence-electron chi connectivity index (χ0n) is 11.1. The van der Waals surface area contributed by atoms with Crippen LogP contribution in [0.1, 0.15) is 29.6 Å². The van der Waals surface area contributed by atoms with Crippen LogP contribution < -0.4 is 5.32 Å². The first-order chi connectivity index (χ1) is 9.48. The Balaban J connectivity index is 2.05. The monoisotopic (exact) mass is 297 g/mol. The number of methoxy groups -OCH3 is 1. The van der Waals surface area contributed by atoms with Crippen LogP contribution in [0.4, 0.5) is 5.69 Å². The Morgan fingerprint density at radius 1 is 1.45 bits per heavy atom. The number of carbonyl (C=O) groups is 2. The maximum absolute atomic E-state index is 12.2. The van der Waals surface area contributed by atoms with E-state index in [1.807, 2.05) is 0 Å². The van der Waals surface area contributed by atoms with Gasteiger partial charge >= 0.3 is 5.97 Å². The van der Waals surface area contributed by atoms with E-state index in [2.05, 4.69) is 5.32 Å². The van der Waals surface area contributed by atoms with Gasteiger partial charge in [-0.1, -0.05) is 11.6 Å². The van der Waals surface area contributed by atoms with E-state index in [-0.39, 0.29) is 21.9 Å². The number of benzene rings is 1. The van der Waals surface area contributed by atoms with E-state index in [0.717, 1.165) is 12.8 Å². The number of ether oxygens (including phenoxy) is 1. The highest BCUT2D eigenvalue weighted by molar-refractivity contribution is 6.33. The molecular weight excluding hydrogens is 282 g/mol. The predicted octanol–water partition coefficient (Wildman–Crippen LogP) is 2.79. The van der Waals surface area contributed by atoms with E-state index in [4.69, 9.17) is 21.4 Å². The molecule has 0 spiro atoms. The van der Waals surface area contributed by atoms with Crippen LogP contribution in [0.25, 0.3) is 0 Å². The van der Waals surface area contributed by atoms with Gasteiger partial charge in [0.2, 0.25) is 5.91 Å². The highest BCUT2D eigenvalue weighted by Gasteiger charge is 2.49. The van der Waals surface area contributed by atoms with Crippen molar-refractivity contribution in [2.75, 3.05) is 19.0 Å². The number of aromatic carboxylic acids is 1. The highest BCUT2D eigenvalue weighted by atomic mass is 35.5. The molecule has 20 heavy (non-hydrogen) atoms. The second-order valence-electron chi connectivity index (χ2n) is 4.98. The highest BCUT2D eigenvalue weighted by Crippen LogP contribution is 2.49. The Labute approximate surface area is 121 Å². The zero-order valence-corrected chi connectivity index (χ0v) is 11.9. The molecule has 0 unspecified atom stereocenters. The standard InChI is InChI=1S/C14H16ClNO4/c1-20-7-6-14(4-5-14)13(19)16-9-2-3-10(12(17)18)11(15)8-9/h2-3,8H,4-7H2,1H3,(H,16,19)(H,17,18). The Morgan fingerprint density at radius 3 is 2.65 bits per heavy atom. The summed E-state index contributed by atoms with van der Waals surface area (Å²) < 4.78 is 5.01. The van der Waals surface area contributed by atoms with Gasteiger partial charge in [0.1, 0.15) is 0 Å². The number of hydrogen-bond acceptors (Lipinski definition) is 3. The lowest BCUT2D eigenvalue weighted by molar-refractivity contribution is -0.121. The van der Waals surface area contributed by atoms with E-state index in [9.17, 15) is 9.59 Å². The van der Waals surface area contributed by atoms with Crippen LogP contribution in [0, 0.1) is 5.41 Å². The van der Waals surface area contributed by atoms with Gasteiger partial charge in [-0.15, -0.1) is 0 Å². The molecule has 0 atom stereocenters. The third-order valence-corrected chi connectivity index (χ3v) is 3.89. The van der Waals surface area contributed by atoms with Crippen LogP contribution in [-0.4, -0.2) is 30.7 Å². The molecule has 5 nitrogen and oxygen atoms in total. The number of carboxylic acids is 1. The number of hydrogen-bond donors (Lipinski definition) is 2. The third kappa shape index (κ3) is 3.11. The van der Waals surface area contributed by atoms with Crippen LogP contribution in [0.15, 0.2) is 18.2 Å². The molecule has 1 aliphatic carbocycles. The van der Waals surface area contributed by atoms with Gasteiger partial charge in [0, 0.05) is 19.4 Å². The molecule has 0 radical (unpaired) electrons. The lowest BCUT2D eigenvalue weighted by atomic mass is 10.0. The van der Waals surface area contributed by atoms with E-state index >= 15 is 0 Å². The number of carboxylic acid groups (broad SMARTS) is 1. The van der Waals surface area contributed by atoms with Crippen molar-refractivity contribution in [2.24, 2.45) is 5.41 Å². The van der Waals surface area contributed by atoms with E-state index < -0.39 is 5.97 Å². The molecule has 108 valence electrons. The van der Waals surface area contributed by atoms with Gasteiger partial charge in [-0.05, 0) is 37.5 Å². The zero-order chi connectivity index (χ0) is 14.8. The lowest BCUT2D eigenvalue weighted by Crippen LogP contribution is -2.25. The average Bonchev–Trinajstić information content (AvgIpc) is 3.17. The van der Waals surface area contributed by atoms with Crippen molar-refractivity contribution >= 4 is 29.2 Å². The number of nitrogens with one attached hydrogen (secondary N) is 1. The summed E-state index contributed by atoms with van der Waals surface area (Å²) in [6, 6.07) is 4.38. The summed E-state index contributed by atoms with van der Waals surface area (Å²) in [5.74, 6) is -1.15. The van der Waals surface area contributed by atoms with Crippen molar-refractivity contribution in [3.8, 4) is 0 Å². The SMILES string of the molecule is COCCC1(C(=O)Nc2ccc(C(=O)O)c(Cl)c2)CC1. The molecule has 1 amide bonds. The molecule has 2 rings (SSSR count). The minimum atomic E-state index is -1.09. The molecule has 0 aromatic heterocycles. The number of halogens is 1. The van der Waals surface area contributed by atoms with Crippen molar-refractivity contribution in [1.82, 2.24) is 0 Å². The quantitative estimate of drug-likeness (QED) is 0.846. The topological polar surface area (TPSA) is 75.6 Å². The first kappa shape index (κ1) is 14.8. The van der Waals surface area contributed by atoms with Crippen molar-refractivity contribution in [3.05, 3.63) is 28.8 Å². The molecule has 6 heteroatoms. The number of carbonyl (C=O) groups excluding carboxylic acids is 1. The molecule has 0 saturated heterocycles. The largest absolute Gasteiger partial charge is 0.478 e. The first-order valence-corrected chi connectivity index (χ1v) is 6.69. The molecule has 1 aromatic carbocycles. The van der Waals surface area contributed by atoms with Gasteiger partial charge in [-0.2, -0.15) is 0 Å². The Hall–Kier alpha value is -1.59. The molecule has 0 heterocycles. The van der Waals surface area contributed by atoms with Crippen LogP contribution in [0.2, 0.25) is 5.02 Å². The third-order valence-electron chi connectivity index (χ3n) is 3.58. The summed E-state index contributed by atoms with van der Waals surface area (Å²) in [5, 5.41) is 11.8. The Bertz CT molecular complexity index is 540. The fourth-order valence-electron chi connectivity index (χ4n) is 2.07. The average molecular weight is 298 g/mol. The summed E-state index contributed by atoms with van der Waals surface area (Å²) in [4.78, 5) is 23.1. The lowest BCUT2D eigenvalue weighted by Gasteiger charge is -2.15. The smallest absolute Gasteiger partial charge is 0.337 e. The van der Waals surface area contributed by atoms with Crippen LogP contribution >= 0.6 is 11.6 Å². The van der Waals surface area contributed by atoms with Crippen molar-refractivity contribution in [2.45, 2.75) is 19.3 Å². The maximum atomic E-state index is 12.2. The molecule has 0 bridgehead atoms. The number of rotatable bonds is 6. The van der Waals surface area contributed by atoms with E-state index in [0.29, 0.717) is 18.7 Å². The van der Waals surface area contributed by atoms with Gasteiger partial charge in [0.25, 0.3) is 0 Å². The number of amides is 1. The summed E-state index contributed by atoms with van der Waals surface area (Å²) >= 11 is 5.87. The first-order valence-electron chi connectivity index (χ1n) is 6.32. The van der Waals surface area contributed by atoms with Crippen molar-refractivity contribution < 1.29 is 19.4 Å². The maximum Gasteiger partial charge on any atom is 0.337 e. The molecule has 1 aromatic rings.